The summed E-state index contributed by atoms with van der Waals surface area (Å²) in [6, 6.07) is 18.7. The normalized spacial score (nSPS) is 25.1. The van der Waals surface area contributed by atoms with Crippen molar-refractivity contribution in [3.05, 3.63) is 84.4 Å². The molecule has 1 amide bonds. The molecule has 190 valence electrons. The molecule has 0 aliphatic carbocycles. The van der Waals surface area contributed by atoms with Crippen molar-refractivity contribution >= 4 is 5.91 Å². The Bertz CT molecular complexity index is 895. The maximum atomic E-state index is 12.1. The number of hydrogen-bond acceptors (Lipinski definition) is 7. The highest BCUT2D eigenvalue weighted by Crippen LogP contribution is 2.30. The summed E-state index contributed by atoms with van der Waals surface area (Å²) >= 11 is 0. The summed E-state index contributed by atoms with van der Waals surface area (Å²) in [5.74, 6) is -0.260. The maximum absolute atomic E-state index is 12.1. The highest BCUT2D eigenvalue weighted by Gasteiger charge is 2.50. The van der Waals surface area contributed by atoms with Gasteiger partial charge in [-0.3, -0.25) is 4.79 Å². The minimum absolute atomic E-state index is 0.00846. The number of nitrogens with one attached hydrogen (secondary N) is 1. The molecule has 1 aliphatic rings. The Morgan fingerprint density at radius 3 is 2.14 bits per heavy atom. The Morgan fingerprint density at radius 2 is 1.63 bits per heavy atom. The van der Waals surface area contributed by atoms with E-state index in [4.69, 9.17) is 23.7 Å². The van der Waals surface area contributed by atoms with Crippen molar-refractivity contribution in [3.63, 3.8) is 0 Å². The van der Waals surface area contributed by atoms with E-state index in [1.54, 1.807) is 6.08 Å². The van der Waals surface area contributed by atoms with Crippen LogP contribution in [0.4, 0.5) is 0 Å². The molecule has 35 heavy (non-hydrogen) atoms. The fraction of sp³-hybridized carbons (Fsp3) is 0.444. The van der Waals surface area contributed by atoms with Crippen LogP contribution in [0, 0.1) is 0 Å². The first-order chi connectivity index (χ1) is 17.0. The number of aliphatic hydroxyl groups is 1. The highest BCUT2D eigenvalue weighted by atomic mass is 16.7. The van der Waals surface area contributed by atoms with Crippen LogP contribution in [0.25, 0.3) is 0 Å². The van der Waals surface area contributed by atoms with E-state index in [2.05, 4.69) is 11.9 Å². The summed E-state index contributed by atoms with van der Waals surface area (Å²) < 4.78 is 29.8. The fourth-order valence-electron chi connectivity index (χ4n) is 4.05. The zero-order valence-electron chi connectivity index (χ0n) is 20.2. The van der Waals surface area contributed by atoms with Crippen LogP contribution in [0.2, 0.25) is 0 Å². The molecule has 6 atom stereocenters. The van der Waals surface area contributed by atoms with Crippen LogP contribution in [0.3, 0.4) is 0 Å². The van der Waals surface area contributed by atoms with Crippen molar-refractivity contribution < 1.29 is 33.6 Å². The van der Waals surface area contributed by atoms with E-state index in [1.165, 1.54) is 14.0 Å². The smallest absolute Gasteiger partial charge is 0.217 e. The first-order valence-electron chi connectivity index (χ1n) is 11.7. The molecule has 0 spiro atoms. The number of amides is 1. The first-order valence-corrected chi connectivity index (χ1v) is 11.7. The number of aliphatic hydroxyl groups excluding tert-OH is 1. The van der Waals surface area contributed by atoms with Crippen molar-refractivity contribution in [1.82, 2.24) is 5.32 Å². The maximum Gasteiger partial charge on any atom is 0.217 e. The average molecular weight is 486 g/mol. The van der Waals surface area contributed by atoms with Gasteiger partial charge in [0, 0.05) is 14.0 Å². The Kier molecular flexibility index (Phi) is 10.9. The van der Waals surface area contributed by atoms with Crippen molar-refractivity contribution in [2.75, 3.05) is 20.3 Å². The minimum Gasteiger partial charge on any atom is -0.388 e. The van der Waals surface area contributed by atoms with Crippen LogP contribution in [0.5, 0.6) is 0 Å². The summed E-state index contributed by atoms with van der Waals surface area (Å²) in [7, 11) is 1.48. The van der Waals surface area contributed by atoms with Gasteiger partial charge in [0.25, 0.3) is 0 Å². The second-order valence-electron chi connectivity index (χ2n) is 8.35. The van der Waals surface area contributed by atoms with Gasteiger partial charge in [-0.15, -0.1) is 6.58 Å². The van der Waals surface area contributed by atoms with E-state index < -0.39 is 36.7 Å². The Hall–Kier alpha value is -2.59. The molecule has 1 fully saturated rings. The van der Waals surface area contributed by atoms with Crippen LogP contribution in [0.15, 0.2) is 73.3 Å². The summed E-state index contributed by atoms with van der Waals surface area (Å²) in [6.07, 6.45) is -2.54. The Morgan fingerprint density at radius 1 is 1.06 bits per heavy atom. The van der Waals surface area contributed by atoms with Gasteiger partial charge in [-0.05, 0) is 11.1 Å². The summed E-state index contributed by atoms with van der Waals surface area (Å²) in [6.45, 7) is 5.89. The minimum atomic E-state index is -1.03. The number of rotatable bonds is 13. The lowest BCUT2D eigenvalue weighted by Gasteiger charge is -2.47. The van der Waals surface area contributed by atoms with Crippen molar-refractivity contribution in [1.29, 1.82) is 0 Å². The Labute approximate surface area is 206 Å². The number of carbonyl (C=O) groups excluding carboxylic acids is 1. The van der Waals surface area contributed by atoms with Gasteiger partial charge in [0.1, 0.15) is 30.5 Å². The van der Waals surface area contributed by atoms with Crippen LogP contribution in [0.1, 0.15) is 18.1 Å². The summed E-state index contributed by atoms with van der Waals surface area (Å²) in [4.78, 5) is 12.1. The van der Waals surface area contributed by atoms with Gasteiger partial charge in [0.15, 0.2) is 6.29 Å². The second-order valence-corrected chi connectivity index (χ2v) is 8.35. The third-order valence-corrected chi connectivity index (χ3v) is 5.66. The number of methoxy groups -OCH3 is 1. The van der Waals surface area contributed by atoms with Gasteiger partial charge >= 0.3 is 0 Å². The molecule has 0 aromatic heterocycles. The number of carbonyl (C=O) groups is 1. The van der Waals surface area contributed by atoms with E-state index in [0.29, 0.717) is 0 Å². The van der Waals surface area contributed by atoms with E-state index in [1.807, 2.05) is 60.7 Å². The second kappa shape index (κ2) is 14.1. The summed E-state index contributed by atoms with van der Waals surface area (Å²) in [5.41, 5.74) is 1.91. The molecule has 8 heteroatoms. The van der Waals surface area contributed by atoms with Gasteiger partial charge in [0.05, 0.1) is 26.4 Å². The highest BCUT2D eigenvalue weighted by molar-refractivity contribution is 5.73. The molecule has 2 N–H and O–H groups in total. The Balaban J connectivity index is 1.89. The third-order valence-electron chi connectivity index (χ3n) is 5.66. The van der Waals surface area contributed by atoms with Crippen LogP contribution >= 0.6 is 0 Å². The number of hydrogen-bond donors (Lipinski definition) is 2. The van der Waals surface area contributed by atoms with Gasteiger partial charge in [-0.1, -0.05) is 66.7 Å². The molecule has 2 aromatic rings. The van der Waals surface area contributed by atoms with Gasteiger partial charge in [-0.25, -0.2) is 0 Å². The molecule has 1 heterocycles. The van der Waals surface area contributed by atoms with Crippen LogP contribution in [-0.4, -0.2) is 68.1 Å². The van der Waals surface area contributed by atoms with Crippen molar-refractivity contribution in [2.24, 2.45) is 0 Å². The zero-order chi connectivity index (χ0) is 25.0. The number of benzene rings is 2. The zero-order valence-corrected chi connectivity index (χ0v) is 20.2. The molecule has 0 unspecified atom stereocenters. The van der Waals surface area contributed by atoms with Crippen LogP contribution in [-0.2, 0) is 41.7 Å². The van der Waals surface area contributed by atoms with E-state index in [0.717, 1.165) is 11.1 Å². The van der Waals surface area contributed by atoms with Crippen molar-refractivity contribution in [3.8, 4) is 0 Å². The van der Waals surface area contributed by atoms with Gasteiger partial charge in [-0.2, -0.15) is 0 Å². The number of ether oxygens (including phenoxy) is 5. The van der Waals surface area contributed by atoms with E-state index in [-0.39, 0.29) is 32.3 Å². The standard InChI is InChI=1S/C27H35NO7/c1-4-15-32-18-22(30)24-26(34-17-21-13-9-6-10-14-21)25(33-16-20-11-7-5-8-12-20)23(28-19(2)29)27(31-3)35-24/h4-14,22-27,30H,1,15-18H2,2-3H3,(H,28,29)/t22-,23-,24-,25-,26-,27+/m1/s1. The molecular weight excluding hydrogens is 450 g/mol. The molecule has 0 saturated carbocycles. The third kappa shape index (κ3) is 7.96. The average Bonchev–Trinajstić information content (AvgIpc) is 2.87. The lowest BCUT2D eigenvalue weighted by Crippen LogP contribution is -2.67. The molecule has 1 saturated heterocycles. The lowest BCUT2D eigenvalue weighted by molar-refractivity contribution is -0.295. The fourth-order valence-corrected chi connectivity index (χ4v) is 4.05. The largest absolute Gasteiger partial charge is 0.388 e. The molecular formula is C27H35NO7. The summed E-state index contributed by atoms with van der Waals surface area (Å²) in [5, 5.41) is 13.9. The van der Waals surface area contributed by atoms with Gasteiger partial charge in [0.2, 0.25) is 5.91 Å². The van der Waals surface area contributed by atoms with Gasteiger partial charge < -0.3 is 34.1 Å². The topological polar surface area (TPSA) is 95.5 Å². The monoisotopic (exact) mass is 485 g/mol. The molecule has 0 bridgehead atoms. The molecule has 0 radical (unpaired) electrons. The molecule has 2 aromatic carbocycles. The SMILES string of the molecule is C=CCOC[C@@H](O)[C@H]1O[C@H](OC)[C@H](NC(C)=O)[C@@H](OCc2ccccc2)[C@@H]1OCc1ccccc1. The molecule has 8 nitrogen and oxygen atoms in total. The van der Waals surface area contributed by atoms with Crippen LogP contribution < -0.4 is 5.32 Å². The predicted octanol–water partition coefficient (Wildman–Crippen LogP) is 2.60. The van der Waals surface area contributed by atoms with E-state index in [9.17, 15) is 9.90 Å². The van der Waals surface area contributed by atoms with E-state index >= 15 is 0 Å². The van der Waals surface area contributed by atoms with Crippen molar-refractivity contribution in [2.45, 2.75) is 56.9 Å². The molecule has 1 aliphatic heterocycles. The quantitative estimate of drug-likeness (QED) is 0.333. The predicted molar refractivity (Wildman–Crippen MR) is 130 cm³/mol. The molecule has 3 rings (SSSR count). The lowest BCUT2D eigenvalue weighted by atomic mass is 9.92. The first kappa shape index (κ1) is 27.0.